The molecule has 1 aromatic heterocycles. The summed E-state index contributed by atoms with van der Waals surface area (Å²) in [4.78, 5) is 12.2. The summed E-state index contributed by atoms with van der Waals surface area (Å²) >= 11 is 0. The van der Waals surface area contributed by atoms with Crippen LogP contribution in [0.5, 0.6) is 11.8 Å². The van der Waals surface area contributed by atoms with Gasteiger partial charge in [-0.25, -0.2) is 0 Å². The molecule has 0 amide bonds. The van der Waals surface area contributed by atoms with Crippen LogP contribution in [-0.4, -0.2) is 25.9 Å². The van der Waals surface area contributed by atoms with E-state index in [1.807, 2.05) is 33.8 Å². The third kappa shape index (κ3) is 2.10. The van der Waals surface area contributed by atoms with Gasteiger partial charge >= 0.3 is 5.97 Å². The Morgan fingerprint density at radius 2 is 1.67 bits per heavy atom. The van der Waals surface area contributed by atoms with Crippen LogP contribution in [0.2, 0.25) is 0 Å². The van der Waals surface area contributed by atoms with Gasteiger partial charge < -0.3 is 15.3 Å². The second-order valence-corrected chi connectivity index (χ2v) is 8.12. The van der Waals surface area contributed by atoms with E-state index in [1.54, 1.807) is 0 Å². The number of rotatable bonds is 4. The maximum Gasteiger partial charge on any atom is 0.312 e. The molecular weight excluding hydrogens is 306 g/mol. The quantitative estimate of drug-likeness (QED) is 0.737. The highest BCUT2D eigenvalue weighted by molar-refractivity contribution is 5.81. The molecule has 2 aliphatic carbocycles. The van der Waals surface area contributed by atoms with E-state index in [0.717, 1.165) is 42.4 Å². The lowest BCUT2D eigenvalue weighted by atomic mass is 9.95. The lowest BCUT2D eigenvalue weighted by Crippen LogP contribution is -2.27. The monoisotopic (exact) mass is 333 g/mol. The van der Waals surface area contributed by atoms with E-state index < -0.39 is 16.8 Å². The van der Waals surface area contributed by atoms with Crippen LogP contribution in [0.1, 0.15) is 51.7 Å². The maximum absolute atomic E-state index is 12.2. The molecule has 2 unspecified atom stereocenters. The highest BCUT2D eigenvalue weighted by Gasteiger charge is 2.75. The molecule has 24 heavy (non-hydrogen) atoms. The fraction of sp³-hybridized carbons (Fsp3) is 0.632. The molecule has 1 aromatic rings. The largest absolute Gasteiger partial charge is 0.494 e. The van der Waals surface area contributed by atoms with E-state index >= 15 is 0 Å². The van der Waals surface area contributed by atoms with Gasteiger partial charge in [-0.3, -0.25) is 9.36 Å². The first-order valence-electron chi connectivity index (χ1n) is 8.65. The van der Waals surface area contributed by atoms with Gasteiger partial charge in [-0.15, -0.1) is 0 Å². The van der Waals surface area contributed by atoms with Gasteiger partial charge in [0, 0.05) is 23.6 Å². The highest BCUT2D eigenvalue weighted by atomic mass is 16.4. The molecule has 0 bridgehead atoms. The molecule has 5 heteroatoms. The minimum Gasteiger partial charge on any atom is -0.494 e. The Bertz CT molecular complexity index is 695. The summed E-state index contributed by atoms with van der Waals surface area (Å²) in [6.07, 6.45) is 5.46. The van der Waals surface area contributed by atoms with Gasteiger partial charge in [-0.1, -0.05) is 25.5 Å². The zero-order valence-electron chi connectivity index (χ0n) is 14.9. The van der Waals surface area contributed by atoms with Crippen LogP contribution in [-0.2, 0) is 24.2 Å². The molecule has 1 fully saturated rings. The Hall–Kier alpha value is -1.91. The zero-order chi connectivity index (χ0) is 17.9. The lowest BCUT2D eigenvalue weighted by Gasteiger charge is -2.18. The first-order valence-corrected chi connectivity index (χ1v) is 8.65. The molecule has 1 saturated carbocycles. The Morgan fingerprint density at radius 1 is 1.17 bits per heavy atom. The number of carboxylic acid groups (broad SMARTS) is 1. The van der Waals surface area contributed by atoms with E-state index in [4.69, 9.17) is 0 Å². The fourth-order valence-corrected chi connectivity index (χ4v) is 4.58. The van der Waals surface area contributed by atoms with E-state index in [-0.39, 0.29) is 24.2 Å². The average Bonchev–Trinajstić information content (AvgIpc) is 2.86. The molecule has 3 N–H and O–H groups in total. The van der Waals surface area contributed by atoms with Crippen LogP contribution in [0.25, 0.3) is 0 Å². The maximum atomic E-state index is 12.2. The first kappa shape index (κ1) is 16.9. The number of fused-ring (bicyclic) bond motifs is 1. The summed E-state index contributed by atoms with van der Waals surface area (Å²) in [6, 6.07) is 0. The third-order valence-electron chi connectivity index (χ3n) is 6.18. The molecule has 0 saturated heterocycles. The number of hydrogen-bond acceptors (Lipinski definition) is 3. The second-order valence-electron chi connectivity index (χ2n) is 8.12. The molecule has 0 aromatic carbocycles. The normalized spacial score (nSPS) is 27.4. The summed E-state index contributed by atoms with van der Waals surface area (Å²) in [5.41, 5.74) is 1.21. The molecule has 132 valence electrons. The summed E-state index contributed by atoms with van der Waals surface area (Å²) < 4.78 is 1.42. The van der Waals surface area contributed by atoms with Gasteiger partial charge in [0.2, 0.25) is 0 Å². The number of hydrogen-bond donors (Lipinski definition) is 3. The molecule has 3 rings (SSSR count). The van der Waals surface area contributed by atoms with Crippen LogP contribution < -0.4 is 0 Å². The van der Waals surface area contributed by atoms with Gasteiger partial charge in [0.25, 0.3) is 0 Å². The van der Waals surface area contributed by atoms with Gasteiger partial charge in [-0.2, -0.15) is 0 Å². The predicted octanol–water partition coefficient (Wildman–Crippen LogP) is 3.47. The number of carbonyl (C=O) groups is 1. The lowest BCUT2D eigenvalue weighted by molar-refractivity contribution is -0.145. The van der Waals surface area contributed by atoms with Crippen LogP contribution >= 0.6 is 0 Å². The van der Waals surface area contributed by atoms with Gasteiger partial charge in [0.05, 0.1) is 5.41 Å². The Kier molecular flexibility index (Phi) is 3.74. The van der Waals surface area contributed by atoms with Crippen molar-refractivity contribution in [3.8, 4) is 11.8 Å². The molecule has 2 atom stereocenters. The molecule has 5 nitrogen and oxygen atoms in total. The molecule has 2 aliphatic rings. The van der Waals surface area contributed by atoms with Crippen LogP contribution in [0.3, 0.4) is 0 Å². The van der Waals surface area contributed by atoms with Crippen molar-refractivity contribution in [1.29, 1.82) is 0 Å². The minimum absolute atomic E-state index is 0.0430. The minimum atomic E-state index is -1.01. The summed E-state index contributed by atoms with van der Waals surface area (Å²) in [5, 5.41) is 31.1. The summed E-state index contributed by atoms with van der Waals surface area (Å²) in [5.74, 6) is -0.908. The van der Waals surface area contributed by atoms with E-state index in [0.29, 0.717) is 0 Å². The van der Waals surface area contributed by atoms with Gasteiger partial charge in [0.15, 0.2) is 11.8 Å². The Labute approximate surface area is 142 Å². The standard InChI is InChI=1S/C19H27NO4/c1-11(2)9-14-18(3,4)19(14,17(23)24)10-20-15(21)12-7-5-6-8-13(12)16(20)22/h9,14,21-22H,5-8,10H2,1-4H3,(H,23,24). The van der Waals surface area contributed by atoms with E-state index in [1.165, 1.54) is 4.57 Å². The number of aromatic nitrogens is 1. The number of carboxylic acids is 1. The SMILES string of the molecule is CC(C)=CC1C(C)(C)C1(Cn1c(O)c2c(c1O)CCCC2)C(=O)O. The Morgan fingerprint density at radius 3 is 2.08 bits per heavy atom. The van der Waals surface area contributed by atoms with Gasteiger partial charge in [-0.05, 0) is 44.9 Å². The molecule has 1 heterocycles. The smallest absolute Gasteiger partial charge is 0.312 e. The van der Waals surface area contributed by atoms with Crippen LogP contribution in [0, 0.1) is 16.7 Å². The molecule has 0 spiro atoms. The molecule has 0 radical (unpaired) electrons. The van der Waals surface area contributed by atoms with E-state index in [2.05, 4.69) is 0 Å². The highest BCUT2D eigenvalue weighted by Crippen LogP contribution is 2.71. The van der Waals surface area contributed by atoms with Crippen LogP contribution in [0.4, 0.5) is 0 Å². The van der Waals surface area contributed by atoms with E-state index in [9.17, 15) is 20.1 Å². The van der Waals surface area contributed by atoms with Crippen molar-refractivity contribution in [2.45, 2.75) is 59.9 Å². The van der Waals surface area contributed by atoms with Gasteiger partial charge in [0.1, 0.15) is 0 Å². The number of aliphatic carboxylic acids is 1. The Balaban J connectivity index is 2.05. The predicted molar refractivity (Wildman–Crippen MR) is 91.2 cm³/mol. The van der Waals surface area contributed by atoms with Crippen molar-refractivity contribution in [1.82, 2.24) is 4.57 Å². The third-order valence-corrected chi connectivity index (χ3v) is 6.18. The second kappa shape index (κ2) is 5.30. The average molecular weight is 333 g/mol. The summed E-state index contributed by atoms with van der Waals surface area (Å²) in [7, 11) is 0. The first-order chi connectivity index (χ1) is 11.1. The topological polar surface area (TPSA) is 82.7 Å². The molecular formula is C19H27NO4. The van der Waals surface area contributed by atoms with Crippen LogP contribution in [0.15, 0.2) is 11.6 Å². The summed E-state index contributed by atoms with van der Waals surface area (Å²) in [6.45, 7) is 7.91. The van der Waals surface area contributed by atoms with Crippen molar-refractivity contribution in [3.05, 3.63) is 22.8 Å². The van der Waals surface area contributed by atoms with Crippen molar-refractivity contribution < 1.29 is 20.1 Å². The molecule has 0 aliphatic heterocycles. The van der Waals surface area contributed by atoms with Crippen molar-refractivity contribution in [2.75, 3.05) is 0 Å². The zero-order valence-corrected chi connectivity index (χ0v) is 14.9. The number of aromatic hydroxyl groups is 2. The number of allylic oxidation sites excluding steroid dienone is 2. The fourth-order valence-electron chi connectivity index (χ4n) is 4.58. The number of nitrogens with zero attached hydrogens (tertiary/aromatic N) is 1. The van der Waals surface area contributed by atoms with Crippen molar-refractivity contribution >= 4 is 5.97 Å². The van der Waals surface area contributed by atoms with Crippen molar-refractivity contribution in [2.24, 2.45) is 16.7 Å². The van der Waals surface area contributed by atoms with Crippen molar-refractivity contribution in [3.63, 3.8) is 0 Å².